The molecule has 4 rings (SSSR count). The zero-order valence-corrected chi connectivity index (χ0v) is 17.6. The van der Waals surface area contributed by atoms with Crippen molar-refractivity contribution in [2.45, 2.75) is 46.6 Å². The highest BCUT2D eigenvalue weighted by Gasteiger charge is 2.43. The lowest BCUT2D eigenvalue weighted by Gasteiger charge is -2.37. The molecule has 4 nitrogen and oxygen atoms in total. The summed E-state index contributed by atoms with van der Waals surface area (Å²) in [6.45, 7) is 8.08. The summed E-state index contributed by atoms with van der Waals surface area (Å²) in [6, 6.07) is 11.5. The van der Waals surface area contributed by atoms with Crippen LogP contribution in [0.1, 0.15) is 51.5 Å². The Morgan fingerprint density at radius 1 is 1.18 bits per heavy atom. The highest BCUT2D eigenvalue weighted by Crippen LogP contribution is 2.49. The summed E-state index contributed by atoms with van der Waals surface area (Å²) in [5.41, 5.74) is 3.31. The number of ketones is 1. The van der Waals surface area contributed by atoms with Crippen LogP contribution >= 0.6 is 11.3 Å². The second-order valence-electron chi connectivity index (χ2n) is 8.76. The van der Waals surface area contributed by atoms with E-state index in [1.165, 1.54) is 0 Å². The van der Waals surface area contributed by atoms with E-state index in [9.17, 15) is 9.59 Å². The Bertz CT molecular complexity index is 957. The number of thiophene rings is 1. The first-order chi connectivity index (χ1) is 13.3. The van der Waals surface area contributed by atoms with Crippen LogP contribution in [0.3, 0.4) is 0 Å². The normalized spacial score (nSPS) is 21.1. The van der Waals surface area contributed by atoms with Gasteiger partial charge in [0.15, 0.2) is 5.78 Å². The van der Waals surface area contributed by atoms with Crippen LogP contribution in [0, 0.1) is 11.3 Å². The minimum atomic E-state index is -0.385. The maximum Gasteiger partial charge on any atom is 0.230 e. The molecule has 1 aromatic carbocycles. The van der Waals surface area contributed by atoms with Crippen molar-refractivity contribution in [3.8, 4) is 0 Å². The Labute approximate surface area is 170 Å². The van der Waals surface area contributed by atoms with Crippen molar-refractivity contribution in [2.24, 2.45) is 11.3 Å². The van der Waals surface area contributed by atoms with Gasteiger partial charge in [0.1, 0.15) is 6.04 Å². The molecule has 2 heterocycles. The number of anilines is 2. The molecule has 0 radical (unpaired) electrons. The minimum absolute atomic E-state index is 0.0269. The van der Waals surface area contributed by atoms with E-state index in [2.05, 4.69) is 19.2 Å². The van der Waals surface area contributed by atoms with Crippen LogP contribution in [0.15, 0.2) is 53.0 Å². The van der Waals surface area contributed by atoms with Gasteiger partial charge in [-0.2, -0.15) is 0 Å². The number of fused-ring (bicyclic) bond motifs is 1. The molecular formula is C23H26N2O2S. The maximum absolute atomic E-state index is 13.4. The van der Waals surface area contributed by atoms with E-state index in [1.807, 2.05) is 60.5 Å². The summed E-state index contributed by atoms with van der Waals surface area (Å²) in [4.78, 5) is 29.6. The molecule has 1 amide bonds. The van der Waals surface area contributed by atoms with Crippen molar-refractivity contribution < 1.29 is 9.59 Å². The molecular weight excluding hydrogens is 368 g/mol. The molecule has 5 heteroatoms. The van der Waals surface area contributed by atoms with E-state index in [0.717, 1.165) is 33.9 Å². The third-order valence-corrected chi connectivity index (χ3v) is 6.37. The second-order valence-corrected chi connectivity index (χ2v) is 9.74. The van der Waals surface area contributed by atoms with Crippen molar-refractivity contribution in [2.75, 3.05) is 10.2 Å². The largest absolute Gasteiger partial charge is 0.357 e. The minimum Gasteiger partial charge on any atom is -0.357 e. The molecule has 1 aromatic heterocycles. The lowest BCUT2D eigenvalue weighted by molar-refractivity contribution is -0.122. The highest BCUT2D eigenvalue weighted by atomic mass is 32.1. The van der Waals surface area contributed by atoms with Crippen molar-refractivity contribution in [1.82, 2.24) is 0 Å². The number of carbonyl (C=O) groups excluding carboxylic acids is 2. The molecule has 28 heavy (non-hydrogen) atoms. The number of Topliss-reactive ketones (excluding diaryl/α,β-unsaturated/α-hetero) is 1. The smallest absolute Gasteiger partial charge is 0.230 e. The first kappa shape index (κ1) is 18.9. The van der Waals surface area contributed by atoms with Crippen LogP contribution in [0.25, 0.3) is 0 Å². The van der Waals surface area contributed by atoms with Gasteiger partial charge in [-0.15, -0.1) is 11.3 Å². The van der Waals surface area contributed by atoms with Crippen molar-refractivity contribution in [1.29, 1.82) is 0 Å². The zero-order valence-electron chi connectivity index (χ0n) is 16.8. The monoisotopic (exact) mass is 394 g/mol. The first-order valence-electron chi connectivity index (χ1n) is 9.77. The topological polar surface area (TPSA) is 49.4 Å². The Morgan fingerprint density at radius 2 is 1.93 bits per heavy atom. The molecule has 0 saturated heterocycles. The van der Waals surface area contributed by atoms with Gasteiger partial charge < -0.3 is 5.32 Å². The number of nitrogens with zero attached hydrogens (tertiary/aromatic N) is 1. The Balaban J connectivity index is 2.00. The van der Waals surface area contributed by atoms with Crippen LogP contribution in [0.4, 0.5) is 11.4 Å². The molecule has 0 saturated carbocycles. The summed E-state index contributed by atoms with van der Waals surface area (Å²) < 4.78 is 0. The van der Waals surface area contributed by atoms with Crippen molar-refractivity contribution in [3.05, 3.63) is 57.9 Å². The summed E-state index contributed by atoms with van der Waals surface area (Å²) in [7, 11) is 0. The average molecular weight is 395 g/mol. The first-order valence-corrected chi connectivity index (χ1v) is 10.7. The quantitative estimate of drug-likeness (QED) is 0.727. The van der Waals surface area contributed by atoms with Crippen LogP contribution in [-0.4, -0.2) is 11.7 Å². The van der Waals surface area contributed by atoms with E-state index < -0.39 is 0 Å². The number of nitrogens with one attached hydrogen (secondary N) is 1. The van der Waals surface area contributed by atoms with Crippen LogP contribution in [0.5, 0.6) is 0 Å². The average Bonchev–Trinajstić information content (AvgIpc) is 3.09. The third kappa shape index (κ3) is 3.18. The van der Waals surface area contributed by atoms with Gasteiger partial charge in [0.05, 0.1) is 11.4 Å². The molecule has 1 aliphatic heterocycles. The van der Waals surface area contributed by atoms with Crippen molar-refractivity contribution >= 4 is 34.4 Å². The number of carbonyl (C=O) groups is 2. The Morgan fingerprint density at radius 3 is 2.61 bits per heavy atom. The van der Waals surface area contributed by atoms with Gasteiger partial charge in [0.2, 0.25) is 5.91 Å². The fraction of sp³-hybridized carbons (Fsp3) is 0.391. The van der Waals surface area contributed by atoms with E-state index in [-0.39, 0.29) is 29.1 Å². The summed E-state index contributed by atoms with van der Waals surface area (Å²) in [5.74, 6) is -0.0154. The number of rotatable bonds is 2. The van der Waals surface area contributed by atoms with E-state index in [0.29, 0.717) is 6.42 Å². The van der Waals surface area contributed by atoms with Crippen LogP contribution in [0.2, 0.25) is 0 Å². The van der Waals surface area contributed by atoms with Gasteiger partial charge in [-0.1, -0.05) is 45.9 Å². The van der Waals surface area contributed by atoms with Crippen LogP contribution < -0.4 is 10.2 Å². The second kappa shape index (κ2) is 6.89. The number of hydrogen-bond donors (Lipinski definition) is 1. The summed E-state index contributed by atoms with van der Waals surface area (Å²) in [5, 5.41) is 5.54. The molecule has 1 aliphatic carbocycles. The molecule has 0 bridgehead atoms. The van der Waals surface area contributed by atoms with Gasteiger partial charge >= 0.3 is 0 Å². The molecule has 0 spiro atoms. The van der Waals surface area contributed by atoms with Gasteiger partial charge in [0.25, 0.3) is 0 Å². The number of hydrogen-bond acceptors (Lipinski definition) is 4. The van der Waals surface area contributed by atoms with Gasteiger partial charge in [-0.25, -0.2) is 0 Å². The third-order valence-electron chi connectivity index (χ3n) is 5.44. The Kier molecular flexibility index (Phi) is 4.66. The molecule has 0 unspecified atom stereocenters. The van der Waals surface area contributed by atoms with Gasteiger partial charge in [-0.3, -0.25) is 14.5 Å². The number of amides is 1. The molecule has 2 aromatic rings. The number of para-hydroxylation sites is 2. The molecule has 1 N–H and O–H groups in total. The maximum atomic E-state index is 13.4. The fourth-order valence-electron chi connectivity index (χ4n) is 4.22. The van der Waals surface area contributed by atoms with Gasteiger partial charge in [0, 0.05) is 28.5 Å². The lowest BCUT2D eigenvalue weighted by atomic mass is 9.74. The molecule has 146 valence electrons. The lowest BCUT2D eigenvalue weighted by Crippen LogP contribution is -2.41. The molecule has 2 aliphatic rings. The van der Waals surface area contributed by atoms with Gasteiger partial charge in [-0.05, 0) is 35.4 Å². The van der Waals surface area contributed by atoms with E-state index >= 15 is 0 Å². The van der Waals surface area contributed by atoms with E-state index in [1.54, 1.807) is 11.3 Å². The fourth-order valence-corrected chi connectivity index (χ4v) is 5.05. The van der Waals surface area contributed by atoms with Crippen LogP contribution in [-0.2, 0) is 9.59 Å². The predicted octanol–water partition coefficient (Wildman–Crippen LogP) is 5.55. The van der Waals surface area contributed by atoms with E-state index in [4.69, 9.17) is 0 Å². The predicted molar refractivity (Wildman–Crippen MR) is 114 cm³/mol. The zero-order chi connectivity index (χ0) is 20.1. The standard InChI is InChI=1S/C23H26N2O2S/c1-14(2)22(27)25-17-9-6-5-8-15(17)24-16-12-23(3,4)13-18(26)20(16)21(25)19-10-7-11-28-19/h5-11,14,21,24H,12-13H2,1-4H3/t21-/m1/s1. The van der Waals surface area contributed by atoms with Crippen molar-refractivity contribution in [3.63, 3.8) is 0 Å². The molecule has 1 atom stereocenters. The number of allylic oxidation sites excluding steroid dienone is 1. The summed E-state index contributed by atoms with van der Waals surface area (Å²) >= 11 is 1.60. The SMILES string of the molecule is CC(C)C(=O)N1c2ccccc2NC2=C(C(=O)CC(C)(C)C2)[C@H]1c1cccs1. The Hall–Kier alpha value is -2.40. The summed E-state index contributed by atoms with van der Waals surface area (Å²) in [6.07, 6.45) is 1.28. The number of benzene rings is 1. The highest BCUT2D eigenvalue weighted by molar-refractivity contribution is 7.10. The molecule has 0 fully saturated rings.